The highest BCUT2D eigenvalue weighted by Crippen LogP contribution is 2.09. The van der Waals surface area contributed by atoms with E-state index in [4.69, 9.17) is 9.47 Å². The largest absolute Gasteiger partial charge is 0.463 e. The van der Waals surface area contributed by atoms with E-state index in [1.54, 1.807) is 18.3 Å². The standard InChI is InChI=1S/C12H16O3S/c1-3-15-12(13)10(2)9-14-7-6-11-5-4-8-16-11/h4-5,8H,2-3,6-7,9H2,1H3. The van der Waals surface area contributed by atoms with E-state index in [1.807, 2.05) is 11.4 Å². The maximum absolute atomic E-state index is 11.2. The average molecular weight is 240 g/mol. The number of carbonyl (C=O) groups is 1. The van der Waals surface area contributed by atoms with Crippen LogP contribution in [-0.4, -0.2) is 25.8 Å². The molecule has 0 radical (unpaired) electrons. The van der Waals surface area contributed by atoms with E-state index in [2.05, 4.69) is 12.6 Å². The highest BCUT2D eigenvalue weighted by atomic mass is 32.1. The summed E-state index contributed by atoms with van der Waals surface area (Å²) in [5, 5.41) is 2.03. The highest BCUT2D eigenvalue weighted by molar-refractivity contribution is 7.09. The van der Waals surface area contributed by atoms with Gasteiger partial charge in [0.2, 0.25) is 0 Å². The molecule has 1 rings (SSSR count). The molecule has 0 unspecified atom stereocenters. The minimum atomic E-state index is -0.376. The number of hydrogen-bond donors (Lipinski definition) is 0. The second-order valence-electron chi connectivity index (χ2n) is 3.21. The molecule has 0 saturated carbocycles. The summed E-state index contributed by atoms with van der Waals surface area (Å²) >= 11 is 1.70. The molecule has 0 aliphatic rings. The van der Waals surface area contributed by atoms with Gasteiger partial charge in [-0.25, -0.2) is 4.79 Å². The van der Waals surface area contributed by atoms with Crippen LogP contribution in [0.15, 0.2) is 29.7 Å². The summed E-state index contributed by atoms with van der Waals surface area (Å²) in [5.74, 6) is -0.376. The van der Waals surface area contributed by atoms with E-state index in [1.165, 1.54) is 4.88 Å². The fourth-order valence-electron chi connectivity index (χ4n) is 1.12. The molecule has 16 heavy (non-hydrogen) atoms. The van der Waals surface area contributed by atoms with Gasteiger partial charge >= 0.3 is 5.97 Å². The number of esters is 1. The summed E-state index contributed by atoms with van der Waals surface area (Å²) in [7, 11) is 0. The van der Waals surface area contributed by atoms with E-state index >= 15 is 0 Å². The molecule has 1 heterocycles. The first-order valence-electron chi connectivity index (χ1n) is 5.19. The lowest BCUT2D eigenvalue weighted by Crippen LogP contribution is -2.12. The summed E-state index contributed by atoms with van der Waals surface area (Å²) in [4.78, 5) is 12.4. The number of rotatable bonds is 7. The van der Waals surface area contributed by atoms with Crippen LogP contribution in [0.3, 0.4) is 0 Å². The predicted octanol–water partition coefficient (Wildman–Crippen LogP) is 2.43. The topological polar surface area (TPSA) is 35.5 Å². The third-order valence-electron chi connectivity index (χ3n) is 1.91. The van der Waals surface area contributed by atoms with Crippen molar-refractivity contribution >= 4 is 17.3 Å². The smallest absolute Gasteiger partial charge is 0.335 e. The number of thiophene rings is 1. The maximum atomic E-state index is 11.2. The Morgan fingerprint density at radius 3 is 3.00 bits per heavy atom. The van der Waals surface area contributed by atoms with Gasteiger partial charge < -0.3 is 9.47 Å². The van der Waals surface area contributed by atoms with Crippen molar-refractivity contribution in [2.45, 2.75) is 13.3 Å². The normalized spacial score (nSPS) is 10.1. The Bertz CT molecular complexity index is 330. The zero-order chi connectivity index (χ0) is 11.8. The third kappa shape index (κ3) is 4.59. The van der Waals surface area contributed by atoms with Crippen LogP contribution in [0.1, 0.15) is 11.8 Å². The van der Waals surface area contributed by atoms with Crippen molar-refractivity contribution in [2.75, 3.05) is 19.8 Å². The predicted molar refractivity (Wildman–Crippen MR) is 64.6 cm³/mol. The monoisotopic (exact) mass is 240 g/mol. The van der Waals surface area contributed by atoms with Crippen molar-refractivity contribution in [1.29, 1.82) is 0 Å². The van der Waals surface area contributed by atoms with Gasteiger partial charge in [0.25, 0.3) is 0 Å². The number of hydrogen-bond acceptors (Lipinski definition) is 4. The fourth-order valence-corrected chi connectivity index (χ4v) is 1.81. The van der Waals surface area contributed by atoms with Gasteiger partial charge in [0.15, 0.2) is 0 Å². The molecule has 88 valence electrons. The van der Waals surface area contributed by atoms with Crippen molar-refractivity contribution in [1.82, 2.24) is 0 Å². The van der Waals surface area contributed by atoms with Gasteiger partial charge in [-0.1, -0.05) is 12.6 Å². The Morgan fingerprint density at radius 1 is 1.56 bits per heavy atom. The molecule has 0 aliphatic carbocycles. The fraction of sp³-hybridized carbons (Fsp3) is 0.417. The molecule has 0 bridgehead atoms. The number of ether oxygens (including phenoxy) is 2. The first-order chi connectivity index (χ1) is 7.74. The highest BCUT2D eigenvalue weighted by Gasteiger charge is 2.07. The number of carbonyl (C=O) groups excluding carboxylic acids is 1. The first kappa shape index (κ1) is 12.9. The summed E-state index contributed by atoms with van der Waals surface area (Å²) in [6.45, 7) is 6.58. The van der Waals surface area contributed by atoms with Crippen LogP contribution in [0, 0.1) is 0 Å². The third-order valence-corrected chi connectivity index (χ3v) is 2.85. The quantitative estimate of drug-likeness (QED) is 0.417. The van der Waals surface area contributed by atoms with E-state index in [9.17, 15) is 4.79 Å². The SMILES string of the molecule is C=C(COCCc1cccs1)C(=O)OCC. The lowest BCUT2D eigenvalue weighted by molar-refractivity contribution is -0.139. The molecule has 4 heteroatoms. The zero-order valence-electron chi connectivity index (χ0n) is 9.40. The Morgan fingerprint density at radius 2 is 2.38 bits per heavy atom. The average Bonchev–Trinajstić information content (AvgIpc) is 2.77. The molecule has 0 spiro atoms. The van der Waals surface area contributed by atoms with E-state index in [0.717, 1.165) is 6.42 Å². The Balaban J connectivity index is 2.11. The van der Waals surface area contributed by atoms with Crippen LogP contribution < -0.4 is 0 Å². The molecule has 0 atom stereocenters. The first-order valence-corrected chi connectivity index (χ1v) is 6.07. The Hall–Kier alpha value is -1.13. The maximum Gasteiger partial charge on any atom is 0.335 e. The molecule has 0 N–H and O–H groups in total. The van der Waals surface area contributed by atoms with E-state index in [-0.39, 0.29) is 12.6 Å². The van der Waals surface area contributed by atoms with E-state index < -0.39 is 0 Å². The van der Waals surface area contributed by atoms with Gasteiger partial charge in [-0.3, -0.25) is 0 Å². The summed E-state index contributed by atoms with van der Waals surface area (Å²) in [6.07, 6.45) is 0.869. The van der Waals surface area contributed by atoms with Gasteiger partial charge in [0.05, 0.1) is 25.4 Å². The Kier molecular flexibility index (Phi) is 5.82. The molecule has 0 fully saturated rings. The minimum Gasteiger partial charge on any atom is -0.463 e. The van der Waals surface area contributed by atoms with E-state index in [0.29, 0.717) is 18.8 Å². The lowest BCUT2D eigenvalue weighted by Gasteiger charge is -2.05. The molecule has 1 aromatic rings. The van der Waals surface area contributed by atoms with Crippen LogP contribution in [0.2, 0.25) is 0 Å². The van der Waals surface area contributed by atoms with Crippen molar-refractivity contribution in [3.63, 3.8) is 0 Å². The molecule has 0 aliphatic heterocycles. The van der Waals surface area contributed by atoms with Crippen LogP contribution in [-0.2, 0) is 20.7 Å². The molecular formula is C12H16O3S. The summed E-state index contributed by atoms with van der Waals surface area (Å²) in [6, 6.07) is 4.08. The van der Waals surface area contributed by atoms with Gasteiger partial charge in [-0.05, 0) is 18.4 Å². The molecule has 3 nitrogen and oxygen atoms in total. The van der Waals surface area contributed by atoms with Gasteiger partial charge in [0, 0.05) is 11.3 Å². The van der Waals surface area contributed by atoms with Crippen molar-refractivity contribution in [3.8, 4) is 0 Å². The molecule has 1 aromatic heterocycles. The van der Waals surface area contributed by atoms with Gasteiger partial charge in [0.1, 0.15) is 0 Å². The second kappa shape index (κ2) is 7.19. The Labute approximate surface area is 99.7 Å². The van der Waals surface area contributed by atoms with Gasteiger partial charge in [-0.15, -0.1) is 11.3 Å². The van der Waals surface area contributed by atoms with Crippen LogP contribution in [0.25, 0.3) is 0 Å². The van der Waals surface area contributed by atoms with Gasteiger partial charge in [-0.2, -0.15) is 0 Å². The second-order valence-corrected chi connectivity index (χ2v) is 4.24. The summed E-state index contributed by atoms with van der Waals surface area (Å²) < 4.78 is 10.1. The molecule has 0 amide bonds. The van der Waals surface area contributed by atoms with Crippen molar-refractivity contribution < 1.29 is 14.3 Å². The van der Waals surface area contributed by atoms with Crippen LogP contribution in [0.5, 0.6) is 0 Å². The van der Waals surface area contributed by atoms with Crippen LogP contribution >= 0.6 is 11.3 Å². The lowest BCUT2D eigenvalue weighted by atomic mass is 10.3. The zero-order valence-corrected chi connectivity index (χ0v) is 10.2. The minimum absolute atomic E-state index is 0.240. The summed E-state index contributed by atoms with van der Waals surface area (Å²) in [5.41, 5.74) is 0.369. The molecule has 0 saturated heterocycles. The molecular weight excluding hydrogens is 224 g/mol. The van der Waals surface area contributed by atoms with Crippen molar-refractivity contribution in [2.24, 2.45) is 0 Å². The molecule has 0 aromatic carbocycles. The van der Waals surface area contributed by atoms with Crippen molar-refractivity contribution in [3.05, 3.63) is 34.5 Å². The van der Waals surface area contributed by atoms with Crippen LogP contribution in [0.4, 0.5) is 0 Å².